The van der Waals surface area contributed by atoms with Crippen molar-refractivity contribution < 1.29 is 4.79 Å². The molecule has 0 saturated heterocycles. The number of benzene rings is 2. The summed E-state index contributed by atoms with van der Waals surface area (Å²) in [5.74, 6) is -0.126. The standard InChI is InChI=1S/C15H14Br2N2O/c1-9-7-10(3-5-13(9)18-2)15(20)19-14-6-4-11(16)8-12(14)17/h3-8,18H,1-2H3,(H,19,20). The molecule has 0 unspecified atom stereocenters. The number of aryl methyl sites for hydroxylation is 1. The van der Waals surface area contributed by atoms with Crippen LogP contribution >= 0.6 is 31.9 Å². The van der Waals surface area contributed by atoms with Gasteiger partial charge in [0.1, 0.15) is 0 Å². The van der Waals surface area contributed by atoms with E-state index in [1.54, 1.807) is 6.07 Å². The zero-order chi connectivity index (χ0) is 14.7. The van der Waals surface area contributed by atoms with Crippen molar-refractivity contribution in [3.63, 3.8) is 0 Å². The maximum Gasteiger partial charge on any atom is 0.255 e. The number of nitrogens with one attached hydrogen (secondary N) is 2. The third kappa shape index (κ3) is 3.41. The van der Waals surface area contributed by atoms with E-state index < -0.39 is 0 Å². The van der Waals surface area contributed by atoms with Crippen molar-refractivity contribution >= 4 is 49.1 Å². The van der Waals surface area contributed by atoms with Gasteiger partial charge in [0.15, 0.2) is 0 Å². The quantitative estimate of drug-likeness (QED) is 0.779. The second-order valence-electron chi connectivity index (χ2n) is 4.36. The number of rotatable bonds is 3. The molecule has 0 aliphatic carbocycles. The van der Waals surface area contributed by atoms with Crippen molar-refractivity contribution in [1.29, 1.82) is 0 Å². The Labute approximate surface area is 135 Å². The van der Waals surface area contributed by atoms with Gasteiger partial charge in [-0.15, -0.1) is 0 Å². The Hall–Kier alpha value is -1.33. The highest BCUT2D eigenvalue weighted by Crippen LogP contribution is 2.27. The van der Waals surface area contributed by atoms with Crippen LogP contribution in [0.5, 0.6) is 0 Å². The highest BCUT2D eigenvalue weighted by atomic mass is 79.9. The predicted octanol–water partition coefficient (Wildman–Crippen LogP) is 4.81. The highest BCUT2D eigenvalue weighted by Gasteiger charge is 2.09. The summed E-state index contributed by atoms with van der Waals surface area (Å²) in [6, 6.07) is 11.2. The summed E-state index contributed by atoms with van der Waals surface area (Å²) in [5, 5.41) is 5.97. The van der Waals surface area contributed by atoms with E-state index in [-0.39, 0.29) is 5.91 Å². The van der Waals surface area contributed by atoms with E-state index in [4.69, 9.17) is 0 Å². The second-order valence-corrected chi connectivity index (χ2v) is 6.13. The predicted molar refractivity (Wildman–Crippen MR) is 90.5 cm³/mol. The average molecular weight is 398 g/mol. The first-order valence-corrected chi connectivity index (χ1v) is 7.64. The summed E-state index contributed by atoms with van der Waals surface area (Å²) in [6.45, 7) is 1.97. The van der Waals surface area contributed by atoms with Crippen LogP contribution in [0.2, 0.25) is 0 Å². The molecule has 0 heterocycles. The van der Waals surface area contributed by atoms with Crippen molar-refractivity contribution in [3.05, 3.63) is 56.5 Å². The first-order valence-electron chi connectivity index (χ1n) is 6.06. The van der Waals surface area contributed by atoms with Gasteiger partial charge >= 0.3 is 0 Å². The summed E-state index contributed by atoms with van der Waals surface area (Å²) < 4.78 is 1.79. The molecule has 0 saturated carbocycles. The molecule has 0 radical (unpaired) electrons. The lowest BCUT2D eigenvalue weighted by Crippen LogP contribution is -2.12. The normalized spacial score (nSPS) is 10.2. The van der Waals surface area contributed by atoms with Gasteiger partial charge in [-0.1, -0.05) is 15.9 Å². The Morgan fingerprint density at radius 1 is 1.05 bits per heavy atom. The van der Waals surface area contributed by atoms with E-state index >= 15 is 0 Å². The number of amides is 1. The van der Waals surface area contributed by atoms with Gasteiger partial charge in [0.2, 0.25) is 0 Å². The number of halogens is 2. The molecule has 0 spiro atoms. The van der Waals surface area contributed by atoms with E-state index in [0.29, 0.717) is 5.56 Å². The van der Waals surface area contributed by atoms with Gasteiger partial charge in [-0.2, -0.15) is 0 Å². The monoisotopic (exact) mass is 396 g/mol. The maximum absolute atomic E-state index is 12.2. The van der Waals surface area contributed by atoms with Crippen LogP contribution in [0.4, 0.5) is 11.4 Å². The topological polar surface area (TPSA) is 41.1 Å². The number of hydrogen-bond acceptors (Lipinski definition) is 2. The Kier molecular flexibility index (Phi) is 4.83. The van der Waals surface area contributed by atoms with Crippen molar-refractivity contribution in [3.8, 4) is 0 Å². The Morgan fingerprint density at radius 3 is 2.35 bits per heavy atom. The van der Waals surface area contributed by atoms with Crippen LogP contribution in [0.1, 0.15) is 15.9 Å². The van der Waals surface area contributed by atoms with Gasteiger partial charge in [0.25, 0.3) is 5.91 Å². The molecular formula is C15H14Br2N2O. The molecule has 0 atom stereocenters. The zero-order valence-corrected chi connectivity index (χ0v) is 14.3. The van der Waals surface area contributed by atoms with Gasteiger partial charge in [0, 0.05) is 27.2 Å². The molecule has 104 valence electrons. The first-order chi connectivity index (χ1) is 9.51. The average Bonchev–Trinajstić information content (AvgIpc) is 2.41. The summed E-state index contributed by atoms with van der Waals surface area (Å²) in [5.41, 5.74) is 3.44. The lowest BCUT2D eigenvalue weighted by molar-refractivity contribution is 0.102. The van der Waals surface area contributed by atoms with Crippen LogP contribution in [-0.4, -0.2) is 13.0 Å². The SMILES string of the molecule is CNc1ccc(C(=O)Nc2ccc(Br)cc2Br)cc1C. The Bertz CT molecular complexity index is 656. The van der Waals surface area contributed by atoms with Crippen molar-refractivity contribution in [2.45, 2.75) is 6.92 Å². The smallest absolute Gasteiger partial charge is 0.255 e. The minimum absolute atomic E-state index is 0.126. The first kappa shape index (κ1) is 15.1. The summed E-state index contributed by atoms with van der Waals surface area (Å²) in [7, 11) is 1.86. The van der Waals surface area contributed by atoms with E-state index in [1.165, 1.54) is 0 Å². The minimum Gasteiger partial charge on any atom is -0.388 e. The van der Waals surface area contributed by atoms with Gasteiger partial charge in [-0.05, 0) is 64.8 Å². The number of hydrogen-bond donors (Lipinski definition) is 2. The summed E-state index contributed by atoms with van der Waals surface area (Å²) >= 11 is 6.81. The van der Waals surface area contributed by atoms with Gasteiger partial charge in [-0.3, -0.25) is 4.79 Å². The molecule has 0 bridgehead atoms. The molecule has 2 rings (SSSR count). The van der Waals surface area contributed by atoms with Crippen molar-refractivity contribution in [2.75, 3.05) is 17.7 Å². The van der Waals surface area contributed by atoms with Crippen LogP contribution in [0.25, 0.3) is 0 Å². The van der Waals surface area contributed by atoms with Crippen LogP contribution in [0, 0.1) is 6.92 Å². The molecule has 20 heavy (non-hydrogen) atoms. The molecule has 0 aliphatic heterocycles. The van der Waals surface area contributed by atoms with Crippen LogP contribution in [-0.2, 0) is 0 Å². The van der Waals surface area contributed by atoms with Crippen LogP contribution in [0.3, 0.4) is 0 Å². The Morgan fingerprint density at radius 2 is 1.75 bits per heavy atom. The largest absolute Gasteiger partial charge is 0.388 e. The zero-order valence-electron chi connectivity index (χ0n) is 11.1. The third-order valence-electron chi connectivity index (χ3n) is 2.94. The number of carbonyl (C=O) groups excluding carboxylic acids is 1. The second kappa shape index (κ2) is 6.41. The molecular weight excluding hydrogens is 384 g/mol. The summed E-state index contributed by atoms with van der Waals surface area (Å²) in [6.07, 6.45) is 0. The fraction of sp³-hybridized carbons (Fsp3) is 0.133. The molecule has 0 aromatic heterocycles. The molecule has 2 N–H and O–H groups in total. The van der Waals surface area contributed by atoms with Crippen LogP contribution < -0.4 is 10.6 Å². The molecule has 2 aromatic rings. The maximum atomic E-state index is 12.2. The van der Waals surface area contributed by atoms with E-state index in [9.17, 15) is 4.79 Å². The fourth-order valence-corrected chi connectivity index (χ4v) is 3.02. The molecule has 2 aromatic carbocycles. The lowest BCUT2D eigenvalue weighted by Gasteiger charge is -2.10. The molecule has 5 heteroatoms. The molecule has 0 fully saturated rings. The Balaban J connectivity index is 2.21. The molecule has 0 aliphatic rings. The van der Waals surface area contributed by atoms with Gasteiger partial charge < -0.3 is 10.6 Å². The fourth-order valence-electron chi connectivity index (χ4n) is 1.87. The summed E-state index contributed by atoms with van der Waals surface area (Å²) in [4.78, 5) is 12.2. The number of carbonyl (C=O) groups is 1. The van der Waals surface area contributed by atoms with Gasteiger partial charge in [0.05, 0.1) is 5.69 Å². The number of anilines is 2. The minimum atomic E-state index is -0.126. The van der Waals surface area contributed by atoms with Crippen molar-refractivity contribution in [1.82, 2.24) is 0 Å². The third-order valence-corrected chi connectivity index (χ3v) is 4.09. The highest BCUT2D eigenvalue weighted by molar-refractivity contribution is 9.11. The van der Waals surface area contributed by atoms with Gasteiger partial charge in [-0.25, -0.2) is 0 Å². The van der Waals surface area contributed by atoms with E-state index in [0.717, 1.165) is 25.9 Å². The molecule has 3 nitrogen and oxygen atoms in total. The van der Waals surface area contributed by atoms with Crippen LogP contribution in [0.15, 0.2) is 45.3 Å². The van der Waals surface area contributed by atoms with E-state index in [2.05, 4.69) is 42.5 Å². The van der Waals surface area contributed by atoms with Crippen molar-refractivity contribution in [2.24, 2.45) is 0 Å². The lowest BCUT2D eigenvalue weighted by atomic mass is 10.1. The molecule has 1 amide bonds. The van der Waals surface area contributed by atoms with E-state index in [1.807, 2.05) is 44.3 Å².